The van der Waals surface area contributed by atoms with Gasteiger partial charge in [0.1, 0.15) is 56.4 Å². The molecule has 2 aromatic heterocycles. The fourth-order valence-electron chi connectivity index (χ4n) is 10.7. The fourth-order valence-corrected chi connectivity index (χ4v) is 10.7. The number of para-hydroxylation sites is 1. The number of amides is 12. The lowest BCUT2D eigenvalue weighted by Gasteiger charge is -2.27. The lowest BCUT2D eigenvalue weighted by Crippen LogP contribution is -2.59. The Hall–Kier alpha value is -10.3. The number of quaternary nitrogens is 1. The van der Waals surface area contributed by atoms with Crippen molar-refractivity contribution in [1.29, 1.82) is 0 Å². The van der Waals surface area contributed by atoms with Crippen LogP contribution in [0.1, 0.15) is 134 Å². The highest BCUT2D eigenvalue weighted by atomic mass is 19.2. The predicted molar refractivity (Wildman–Crippen MR) is 372 cm³/mol. The van der Waals surface area contributed by atoms with Gasteiger partial charge in [0.2, 0.25) is 65.0 Å². The zero-order valence-corrected chi connectivity index (χ0v) is 58.3. The number of aliphatic hydroxyl groups is 1. The maximum absolute atomic E-state index is 14.6. The number of nitrogens with one attached hydrogen (secondary N) is 11. The van der Waals surface area contributed by atoms with Crippen molar-refractivity contribution in [2.45, 2.75) is 179 Å². The van der Waals surface area contributed by atoms with Crippen molar-refractivity contribution in [2.75, 3.05) is 39.5 Å². The third-order valence-electron chi connectivity index (χ3n) is 16.2. The van der Waals surface area contributed by atoms with Crippen LogP contribution < -0.4 is 86.5 Å². The first-order valence-electron chi connectivity index (χ1n) is 33.3. The van der Waals surface area contributed by atoms with Crippen molar-refractivity contribution < 1.29 is 67.1 Å². The first-order chi connectivity index (χ1) is 47.1. The van der Waals surface area contributed by atoms with Gasteiger partial charge in [0.25, 0.3) is 5.91 Å². The molecule has 550 valence electrons. The van der Waals surface area contributed by atoms with Crippen molar-refractivity contribution in [3.63, 3.8) is 0 Å². The van der Waals surface area contributed by atoms with Crippen molar-refractivity contribution in [3.8, 4) is 0 Å². The highest BCUT2D eigenvalue weighted by Crippen LogP contribution is 2.28. The molecule has 0 radical (unpaired) electrons. The largest absolute Gasteiger partial charge is 0.394 e. The topological polar surface area (TPSA) is 521 Å². The number of nitrogens with two attached hydrogens (primary N) is 5. The number of aromatic nitrogens is 3. The number of aliphatic hydroxyl groups excluding tert-OH is 1. The van der Waals surface area contributed by atoms with Gasteiger partial charge in [-0.3, -0.25) is 62.5 Å². The first-order valence-corrected chi connectivity index (χ1v) is 33.3. The standard InChI is InChI=1S/C66H101FN20O13/c1-10-16-45(52(88)31-55(91)80-48(58(70)93)27-36(2)3)82-64(99)50(30-41-33-73-35-86(41)7)81-56(92)34-77-65(100)57(37(4)5)85-59(94)38(6)78-63(98)49(29-40-32-76-44-18-12-11-17-42(40)44)84-62(97)47(22-24-53(69)89)79-54(90)20-13-14-25-74-61(96)46(19-15-26-75-66(71)72)83-60(95)39-21-23-51(43(68)28-39)87(8,9)67/h11-12,17-18,21,23,28,32-33,35-38,45-50,52,57,76,88H,10,13-16,19-20,22,24-27,29-31,34,68H2,1-9H3,(H17-,69,70,71,72,74,75,77,78,79,80,81,82,83,84,85,89,90,91,92,93,94,95,96,97,98,99,100)/p+1/t38-,45-,46-,47-,48-,49-,50-,52-,57-/m0/s1. The second-order valence-electron chi connectivity index (χ2n) is 25.9. The molecule has 0 fully saturated rings. The van der Waals surface area contributed by atoms with E-state index < -0.39 is 149 Å². The number of imidazole rings is 1. The van der Waals surface area contributed by atoms with Crippen LogP contribution >= 0.6 is 0 Å². The number of hydrogen-bond acceptors (Lipinski definition) is 16. The van der Waals surface area contributed by atoms with Gasteiger partial charge in [0.05, 0.1) is 37.1 Å². The van der Waals surface area contributed by atoms with Crippen LogP contribution in [0.25, 0.3) is 10.9 Å². The lowest BCUT2D eigenvalue weighted by atomic mass is 10.00. The number of anilines is 1. The molecule has 2 heterocycles. The number of fused-ring (bicyclic) bond motifs is 1. The van der Waals surface area contributed by atoms with Gasteiger partial charge in [-0.25, -0.2) is 4.98 Å². The van der Waals surface area contributed by atoms with E-state index in [1.165, 1.54) is 51.7 Å². The molecule has 12 amide bonds. The zero-order chi connectivity index (χ0) is 74.6. The minimum atomic E-state index is -1.43. The van der Waals surface area contributed by atoms with Crippen LogP contribution in [0.5, 0.6) is 0 Å². The van der Waals surface area contributed by atoms with Crippen molar-refractivity contribution in [3.05, 3.63) is 78.0 Å². The van der Waals surface area contributed by atoms with Crippen molar-refractivity contribution in [2.24, 2.45) is 46.8 Å². The lowest BCUT2D eigenvalue weighted by molar-refractivity contribution is -0.135. The summed E-state index contributed by atoms with van der Waals surface area (Å²) in [6.07, 6.45) is 3.49. The number of guanidine groups is 1. The van der Waals surface area contributed by atoms with Crippen LogP contribution in [0.4, 0.5) is 15.9 Å². The monoisotopic (exact) mass is 1400 g/mol. The number of rotatable bonds is 43. The molecular weight excluding hydrogens is 1300 g/mol. The van der Waals surface area contributed by atoms with Crippen LogP contribution in [0.3, 0.4) is 0 Å². The summed E-state index contributed by atoms with van der Waals surface area (Å²) in [6, 6.07) is 1.38. The highest BCUT2D eigenvalue weighted by Gasteiger charge is 2.35. The van der Waals surface area contributed by atoms with Gasteiger partial charge in [0, 0.05) is 90.9 Å². The van der Waals surface area contributed by atoms with E-state index in [-0.39, 0.29) is 106 Å². The summed E-state index contributed by atoms with van der Waals surface area (Å²) >= 11 is 0. The molecule has 0 unspecified atom stereocenters. The number of aryl methyl sites for hydroxylation is 1. The van der Waals surface area contributed by atoms with Crippen LogP contribution in [-0.2, 0) is 72.6 Å². The van der Waals surface area contributed by atoms with E-state index in [1.807, 2.05) is 13.8 Å². The summed E-state index contributed by atoms with van der Waals surface area (Å²) in [7, 11) is 4.20. The molecule has 34 heteroatoms. The minimum Gasteiger partial charge on any atom is -0.394 e. The Morgan fingerprint density at radius 2 is 1.33 bits per heavy atom. The normalized spacial score (nSPS) is 14.1. The molecule has 0 aliphatic heterocycles. The van der Waals surface area contributed by atoms with E-state index in [0.29, 0.717) is 35.0 Å². The van der Waals surface area contributed by atoms with E-state index in [0.717, 1.165) is 0 Å². The van der Waals surface area contributed by atoms with Crippen LogP contribution in [-0.4, -0.2) is 185 Å². The summed E-state index contributed by atoms with van der Waals surface area (Å²) < 4.78 is 15.1. The van der Waals surface area contributed by atoms with Gasteiger partial charge < -0.3 is 96.5 Å². The third kappa shape index (κ3) is 27.6. The number of aromatic amines is 1. The van der Waals surface area contributed by atoms with Gasteiger partial charge in [-0.2, -0.15) is 0 Å². The van der Waals surface area contributed by atoms with Crippen LogP contribution in [0, 0.1) is 11.8 Å². The smallest absolute Gasteiger partial charge is 0.252 e. The number of unbranched alkanes of at least 4 members (excludes halogenated alkanes) is 1. The molecule has 0 aliphatic carbocycles. The fraction of sp³-hybridized carbons (Fsp3) is 0.545. The molecule has 4 aromatic rings. The average Bonchev–Trinajstić information content (AvgIpc) is 1.82. The number of primary amides is 2. The molecule has 0 bridgehead atoms. The van der Waals surface area contributed by atoms with Gasteiger partial charge in [-0.05, 0) is 87.5 Å². The van der Waals surface area contributed by atoms with E-state index in [4.69, 9.17) is 28.7 Å². The maximum atomic E-state index is 14.6. The number of nitrogens with zero attached hydrogens (tertiary/aromatic N) is 4. The number of aliphatic imine (C=N–C) groups is 1. The molecule has 0 spiro atoms. The third-order valence-corrected chi connectivity index (χ3v) is 16.2. The number of nitrogen functional groups attached to an aromatic ring is 1. The second-order valence-corrected chi connectivity index (χ2v) is 25.9. The Morgan fingerprint density at radius 3 is 1.95 bits per heavy atom. The van der Waals surface area contributed by atoms with Crippen molar-refractivity contribution >= 4 is 99.1 Å². The minimum absolute atomic E-state index is 0.0199. The zero-order valence-electron chi connectivity index (χ0n) is 58.3. The SMILES string of the molecule is CCC[C@H](NC(=O)[C@H](Cc1cncn1C)NC(=O)CNC(=O)[C@@H](NC(=O)[C@H](C)NC(=O)[C@H](Cc1c[nH]c2ccccc12)NC(=O)[C@H](CCC(N)=O)NC(=O)CCCCNC(=O)[C@H](CCCN=C(N)N)NC(=O)c1ccc([N+](C)(C)F)c(N)c1)C(C)C)[C@@H](O)CC(=O)N[C@@H](CC(C)C)C(N)=O. The molecule has 22 N–H and O–H groups in total. The Labute approximate surface area is 580 Å². The Kier molecular flexibility index (Phi) is 32.8. The molecule has 4 rings (SSSR count). The van der Waals surface area contributed by atoms with Gasteiger partial charge in [-0.1, -0.05) is 59.2 Å². The molecule has 2 aromatic carbocycles. The number of hydrogen-bond donors (Lipinski definition) is 17. The summed E-state index contributed by atoms with van der Waals surface area (Å²) in [5.74, 6) is -9.72. The van der Waals surface area contributed by atoms with E-state index >= 15 is 0 Å². The Bertz CT molecular complexity index is 3510. The quantitative estimate of drug-likeness (QED) is 0.00780. The molecule has 33 nitrogen and oxygen atoms in total. The van der Waals surface area contributed by atoms with Gasteiger partial charge in [-0.15, -0.1) is 4.71 Å². The summed E-state index contributed by atoms with van der Waals surface area (Å²) in [6.45, 7) is 9.61. The Morgan fingerprint density at radius 1 is 0.680 bits per heavy atom. The molecule has 0 aliphatic rings. The number of carbonyl (C=O) groups is 12. The molecular formula is C66H102FN20O13+. The average molecular weight is 1400 g/mol. The first kappa shape index (κ1) is 82.2. The van der Waals surface area contributed by atoms with Crippen LogP contribution in [0.15, 0.2) is 66.2 Å². The molecule has 0 saturated heterocycles. The van der Waals surface area contributed by atoms with Gasteiger partial charge in [0.15, 0.2) is 11.6 Å². The predicted octanol–water partition coefficient (Wildman–Crippen LogP) is -1.61. The summed E-state index contributed by atoms with van der Waals surface area (Å²) in [4.78, 5) is 173. The second kappa shape index (κ2) is 40.0. The number of benzene rings is 2. The van der Waals surface area contributed by atoms with Crippen molar-refractivity contribution in [1.82, 2.24) is 72.4 Å². The highest BCUT2D eigenvalue weighted by molar-refractivity contribution is 6.00. The number of carbonyl (C=O) groups excluding carboxylic acids is 12. The van der Waals surface area contributed by atoms with E-state index in [2.05, 4.69) is 68.1 Å². The maximum Gasteiger partial charge on any atom is 0.252 e. The molecule has 100 heavy (non-hydrogen) atoms. The summed E-state index contributed by atoms with van der Waals surface area (Å²) in [5.41, 5.74) is 30.0. The number of halogens is 1. The molecule has 9 atom stereocenters. The van der Waals surface area contributed by atoms with Crippen LogP contribution in [0.2, 0.25) is 0 Å². The molecule has 0 saturated carbocycles. The van der Waals surface area contributed by atoms with E-state index in [9.17, 15) is 67.1 Å². The number of H-pyrrole nitrogens is 1. The Balaban J connectivity index is 1.42. The van der Waals surface area contributed by atoms with E-state index in [1.54, 1.807) is 62.8 Å². The summed E-state index contributed by atoms with van der Waals surface area (Å²) in [5, 5.41) is 38.3. The van der Waals surface area contributed by atoms with Gasteiger partial charge >= 0.3 is 0 Å².